The standard InChI is InChI=1S/C14H11Br2N5/c1-8-3-2-4-11(17)13(8)14-18-19-20-21(14)12-7-9(15)5-6-10(12)16/h2-7H,17H2,1H3. The Balaban J connectivity index is 2.25. The van der Waals surface area contributed by atoms with E-state index in [1.165, 1.54) is 0 Å². The molecule has 0 spiro atoms. The third-order valence-corrected chi connectivity index (χ3v) is 4.30. The summed E-state index contributed by atoms with van der Waals surface area (Å²) in [5.41, 5.74) is 9.45. The van der Waals surface area contributed by atoms with Gasteiger partial charge < -0.3 is 5.73 Å². The summed E-state index contributed by atoms with van der Waals surface area (Å²) in [6.07, 6.45) is 0. The number of aryl methyl sites for hydroxylation is 1. The molecular formula is C14H11Br2N5. The first-order valence-electron chi connectivity index (χ1n) is 6.17. The van der Waals surface area contributed by atoms with E-state index in [-0.39, 0.29) is 0 Å². The third kappa shape index (κ3) is 2.58. The number of rotatable bonds is 2. The summed E-state index contributed by atoms with van der Waals surface area (Å²) in [6.45, 7) is 1.99. The van der Waals surface area contributed by atoms with Crippen molar-refractivity contribution < 1.29 is 0 Å². The van der Waals surface area contributed by atoms with Crippen molar-refractivity contribution in [2.75, 3.05) is 5.73 Å². The van der Waals surface area contributed by atoms with E-state index < -0.39 is 0 Å². The van der Waals surface area contributed by atoms with Gasteiger partial charge in [-0.05, 0) is 63.1 Å². The van der Waals surface area contributed by atoms with Crippen molar-refractivity contribution in [2.45, 2.75) is 6.92 Å². The Morgan fingerprint density at radius 3 is 2.71 bits per heavy atom. The van der Waals surface area contributed by atoms with Crippen LogP contribution in [-0.4, -0.2) is 20.2 Å². The maximum absolute atomic E-state index is 6.10. The summed E-state index contributed by atoms with van der Waals surface area (Å²) in [4.78, 5) is 0. The summed E-state index contributed by atoms with van der Waals surface area (Å²) < 4.78 is 3.51. The number of nitrogens with two attached hydrogens (primary N) is 1. The number of benzene rings is 2. The maximum Gasteiger partial charge on any atom is 0.189 e. The number of nitrogen functional groups attached to an aromatic ring is 1. The van der Waals surface area contributed by atoms with Gasteiger partial charge in [0.2, 0.25) is 0 Å². The number of hydrogen-bond acceptors (Lipinski definition) is 4. The number of halogens is 2. The number of anilines is 1. The van der Waals surface area contributed by atoms with Crippen molar-refractivity contribution in [2.24, 2.45) is 0 Å². The molecule has 21 heavy (non-hydrogen) atoms. The largest absolute Gasteiger partial charge is 0.398 e. The van der Waals surface area contributed by atoms with Gasteiger partial charge >= 0.3 is 0 Å². The van der Waals surface area contributed by atoms with Gasteiger partial charge in [0, 0.05) is 20.2 Å². The van der Waals surface area contributed by atoms with Gasteiger partial charge in [-0.1, -0.05) is 28.1 Å². The smallest absolute Gasteiger partial charge is 0.189 e. The number of tetrazole rings is 1. The Hall–Kier alpha value is -1.73. The molecule has 0 aliphatic rings. The van der Waals surface area contributed by atoms with Crippen molar-refractivity contribution >= 4 is 37.5 Å². The molecule has 0 saturated heterocycles. The van der Waals surface area contributed by atoms with Crippen LogP contribution in [0, 0.1) is 6.92 Å². The highest BCUT2D eigenvalue weighted by atomic mass is 79.9. The van der Waals surface area contributed by atoms with E-state index in [9.17, 15) is 0 Å². The second kappa shape index (κ2) is 5.57. The lowest BCUT2D eigenvalue weighted by Crippen LogP contribution is -2.03. The van der Waals surface area contributed by atoms with Crippen LogP contribution in [0.1, 0.15) is 5.56 Å². The Morgan fingerprint density at radius 2 is 1.95 bits per heavy atom. The lowest BCUT2D eigenvalue weighted by atomic mass is 10.1. The minimum Gasteiger partial charge on any atom is -0.398 e. The predicted molar refractivity (Wildman–Crippen MR) is 89.1 cm³/mol. The topological polar surface area (TPSA) is 69.6 Å². The van der Waals surface area contributed by atoms with Crippen LogP contribution in [0.25, 0.3) is 17.1 Å². The molecule has 1 aromatic heterocycles. The normalized spacial score (nSPS) is 10.8. The zero-order valence-corrected chi connectivity index (χ0v) is 14.3. The third-order valence-electron chi connectivity index (χ3n) is 3.13. The maximum atomic E-state index is 6.10. The highest BCUT2D eigenvalue weighted by Crippen LogP contribution is 2.31. The molecule has 2 aromatic carbocycles. The second-order valence-corrected chi connectivity index (χ2v) is 6.32. The first-order chi connectivity index (χ1) is 10.1. The highest BCUT2D eigenvalue weighted by Gasteiger charge is 2.17. The molecular weight excluding hydrogens is 398 g/mol. The average molecular weight is 409 g/mol. The number of aromatic nitrogens is 4. The highest BCUT2D eigenvalue weighted by molar-refractivity contribution is 9.11. The van der Waals surface area contributed by atoms with E-state index in [0.717, 1.165) is 25.8 Å². The van der Waals surface area contributed by atoms with E-state index in [0.29, 0.717) is 11.5 Å². The zero-order chi connectivity index (χ0) is 15.0. The van der Waals surface area contributed by atoms with E-state index in [2.05, 4.69) is 47.4 Å². The van der Waals surface area contributed by atoms with E-state index in [1.54, 1.807) is 4.68 Å². The van der Waals surface area contributed by atoms with Crippen LogP contribution in [0.3, 0.4) is 0 Å². The van der Waals surface area contributed by atoms with Gasteiger partial charge in [0.05, 0.1) is 5.69 Å². The van der Waals surface area contributed by atoms with Crippen LogP contribution >= 0.6 is 31.9 Å². The summed E-state index contributed by atoms with van der Waals surface area (Å²) >= 11 is 6.99. The molecule has 0 fully saturated rings. The fraction of sp³-hybridized carbons (Fsp3) is 0.0714. The first-order valence-corrected chi connectivity index (χ1v) is 7.76. The molecule has 0 atom stereocenters. The minimum absolute atomic E-state index is 0.615. The molecule has 5 nitrogen and oxygen atoms in total. The molecule has 0 radical (unpaired) electrons. The van der Waals surface area contributed by atoms with Gasteiger partial charge in [-0.25, -0.2) is 0 Å². The molecule has 7 heteroatoms. The van der Waals surface area contributed by atoms with Gasteiger partial charge in [-0.2, -0.15) is 4.68 Å². The summed E-state index contributed by atoms with van der Waals surface area (Å²) in [6, 6.07) is 11.6. The quantitative estimate of drug-likeness (QED) is 0.655. The molecule has 2 N–H and O–H groups in total. The predicted octanol–water partition coefficient (Wildman–Crippen LogP) is 3.74. The molecule has 3 rings (SSSR count). The first kappa shape index (κ1) is 14.2. The van der Waals surface area contributed by atoms with Crippen LogP contribution < -0.4 is 5.73 Å². The van der Waals surface area contributed by atoms with Gasteiger partial charge in [-0.3, -0.25) is 0 Å². The van der Waals surface area contributed by atoms with Crippen LogP contribution in [0.15, 0.2) is 45.3 Å². The summed E-state index contributed by atoms with van der Waals surface area (Å²) in [5, 5.41) is 12.0. The Labute approximate surface area is 138 Å². The van der Waals surface area contributed by atoms with E-state index >= 15 is 0 Å². The Bertz CT molecular complexity index is 793. The van der Waals surface area contributed by atoms with Crippen molar-refractivity contribution in [1.29, 1.82) is 0 Å². The van der Waals surface area contributed by atoms with Gasteiger partial charge in [-0.15, -0.1) is 5.10 Å². The molecule has 0 aliphatic heterocycles. The van der Waals surface area contributed by atoms with Gasteiger partial charge in [0.25, 0.3) is 0 Å². The van der Waals surface area contributed by atoms with Crippen molar-refractivity contribution in [1.82, 2.24) is 20.2 Å². The molecule has 3 aromatic rings. The van der Waals surface area contributed by atoms with Crippen molar-refractivity contribution in [3.05, 3.63) is 50.9 Å². The fourth-order valence-corrected chi connectivity index (χ4v) is 2.91. The van der Waals surface area contributed by atoms with Crippen LogP contribution in [0.5, 0.6) is 0 Å². The fourth-order valence-electron chi connectivity index (χ4n) is 2.15. The molecule has 0 unspecified atom stereocenters. The summed E-state index contributed by atoms with van der Waals surface area (Å²) in [5.74, 6) is 0.615. The Kier molecular flexibility index (Phi) is 3.77. The summed E-state index contributed by atoms with van der Waals surface area (Å²) in [7, 11) is 0. The second-order valence-electron chi connectivity index (χ2n) is 4.55. The molecule has 0 aliphatic carbocycles. The molecule has 0 saturated carbocycles. The van der Waals surface area contributed by atoms with Crippen LogP contribution in [-0.2, 0) is 0 Å². The van der Waals surface area contributed by atoms with Crippen LogP contribution in [0.2, 0.25) is 0 Å². The average Bonchev–Trinajstić information content (AvgIpc) is 2.90. The van der Waals surface area contributed by atoms with Gasteiger partial charge in [0.1, 0.15) is 0 Å². The lowest BCUT2D eigenvalue weighted by Gasteiger charge is -2.11. The minimum atomic E-state index is 0.615. The molecule has 1 heterocycles. The number of nitrogens with zero attached hydrogens (tertiary/aromatic N) is 4. The lowest BCUT2D eigenvalue weighted by molar-refractivity contribution is 0.788. The molecule has 0 bridgehead atoms. The SMILES string of the molecule is Cc1cccc(N)c1-c1nnnn1-c1cc(Br)ccc1Br. The van der Waals surface area contributed by atoms with Crippen molar-refractivity contribution in [3.63, 3.8) is 0 Å². The monoisotopic (exact) mass is 407 g/mol. The molecule has 106 valence electrons. The van der Waals surface area contributed by atoms with E-state index in [4.69, 9.17) is 5.73 Å². The van der Waals surface area contributed by atoms with E-state index in [1.807, 2.05) is 43.3 Å². The van der Waals surface area contributed by atoms with Gasteiger partial charge in [0.15, 0.2) is 5.82 Å². The van der Waals surface area contributed by atoms with Crippen LogP contribution in [0.4, 0.5) is 5.69 Å². The zero-order valence-electron chi connectivity index (χ0n) is 11.1. The molecule has 0 amide bonds. The number of hydrogen-bond donors (Lipinski definition) is 1. The van der Waals surface area contributed by atoms with Crippen molar-refractivity contribution in [3.8, 4) is 17.1 Å². The Morgan fingerprint density at radius 1 is 1.14 bits per heavy atom.